The Kier molecular flexibility index (Phi) is 3.69. The van der Waals surface area contributed by atoms with Crippen molar-refractivity contribution in [1.82, 2.24) is 10.2 Å². The van der Waals surface area contributed by atoms with Gasteiger partial charge in [-0.15, -0.1) is 0 Å². The Balaban J connectivity index is 2.13. The maximum Gasteiger partial charge on any atom is 0.243 e. The van der Waals surface area contributed by atoms with Gasteiger partial charge in [0.15, 0.2) is 0 Å². The lowest BCUT2D eigenvalue weighted by Gasteiger charge is -2.41. The Bertz CT molecular complexity index is 311. The molecule has 2 aliphatic rings. The van der Waals surface area contributed by atoms with Gasteiger partial charge < -0.3 is 10.2 Å². The summed E-state index contributed by atoms with van der Waals surface area (Å²) in [6.45, 7) is 4.25. The Labute approximate surface area is 103 Å². The zero-order valence-electron chi connectivity index (χ0n) is 10.7. The van der Waals surface area contributed by atoms with Crippen molar-refractivity contribution in [2.75, 3.05) is 6.54 Å². The van der Waals surface area contributed by atoms with E-state index in [0.29, 0.717) is 12.3 Å². The Hall–Kier alpha value is -1.06. The topological polar surface area (TPSA) is 49.4 Å². The van der Waals surface area contributed by atoms with Crippen LogP contribution >= 0.6 is 0 Å². The molecule has 2 atom stereocenters. The van der Waals surface area contributed by atoms with Crippen molar-refractivity contribution in [1.29, 1.82) is 0 Å². The van der Waals surface area contributed by atoms with E-state index in [0.717, 1.165) is 0 Å². The minimum absolute atomic E-state index is 0.0111. The summed E-state index contributed by atoms with van der Waals surface area (Å²) in [4.78, 5) is 25.7. The highest BCUT2D eigenvalue weighted by molar-refractivity contribution is 5.94. The maximum atomic E-state index is 12.0. The van der Waals surface area contributed by atoms with Crippen LogP contribution in [0.3, 0.4) is 0 Å². The first kappa shape index (κ1) is 12.4. The number of carbonyl (C=O) groups excluding carboxylic acids is 2. The largest absolute Gasteiger partial charge is 0.345 e. The van der Waals surface area contributed by atoms with Crippen molar-refractivity contribution in [3.05, 3.63) is 0 Å². The summed E-state index contributed by atoms with van der Waals surface area (Å²) >= 11 is 0. The molecule has 1 N–H and O–H groups in total. The smallest absolute Gasteiger partial charge is 0.243 e. The number of amides is 2. The maximum absolute atomic E-state index is 12.0. The van der Waals surface area contributed by atoms with Gasteiger partial charge in [0.05, 0.1) is 6.54 Å². The van der Waals surface area contributed by atoms with E-state index in [1.165, 1.54) is 25.7 Å². The van der Waals surface area contributed by atoms with E-state index in [1.807, 2.05) is 11.8 Å². The number of hydrogen-bond acceptors (Lipinski definition) is 2. The van der Waals surface area contributed by atoms with E-state index < -0.39 is 0 Å². The van der Waals surface area contributed by atoms with Crippen molar-refractivity contribution in [2.24, 2.45) is 5.92 Å². The molecular weight excluding hydrogens is 216 g/mol. The van der Waals surface area contributed by atoms with Crippen LogP contribution in [0.2, 0.25) is 0 Å². The van der Waals surface area contributed by atoms with Crippen molar-refractivity contribution in [3.63, 3.8) is 0 Å². The molecule has 0 aromatic heterocycles. The number of rotatable bonds is 3. The number of piperazine rings is 1. The van der Waals surface area contributed by atoms with E-state index >= 15 is 0 Å². The minimum atomic E-state index is -0.258. The number of hydrogen-bond donors (Lipinski definition) is 1. The molecule has 0 aromatic rings. The lowest BCUT2D eigenvalue weighted by Crippen LogP contribution is -2.61. The zero-order chi connectivity index (χ0) is 12.4. The molecule has 0 aromatic carbocycles. The van der Waals surface area contributed by atoms with Crippen molar-refractivity contribution in [2.45, 2.75) is 58.0 Å². The molecular formula is C13H22N2O2. The molecule has 4 nitrogen and oxygen atoms in total. The van der Waals surface area contributed by atoms with Gasteiger partial charge in [-0.3, -0.25) is 9.59 Å². The number of carbonyl (C=O) groups is 2. The molecule has 2 rings (SSSR count). The van der Waals surface area contributed by atoms with Crippen LogP contribution < -0.4 is 5.32 Å². The first-order valence-corrected chi connectivity index (χ1v) is 6.74. The van der Waals surface area contributed by atoms with Crippen LogP contribution in [0, 0.1) is 5.92 Å². The summed E-state index contributed by atoms with van der Waals surface area (Å²) in [5, 5.41) is 2.68. The van der Waals surface area contributed by atoms with Gasteiger partial charge in [0, 0.05) is 6.04 Å². The SMILES string of the molecule is CCC1C(=O)NCC(=O)N1C(C)C1CCCC1. The van der Waals surface area contributed by atoms with Gasteiger partial charge >= 0.3 is 0 Å². The molecule has 0 bridgehead atoms. The first-order valence-electron chi connectivity index (χ1n) is 6.74. The molecule has 96 valence electrons. The second-order valence-corrected chi connectivity index (χ2v) is 5.23. The van der Waals surface area contributed by atoms with E-state index in [-0.39, 0.29) is 30.4 Å². The van der Waals surface area contributed by atoms with Gasteiger partial charge in [0.25, 0.3) is 0 Å². The monoisotopic (exact) mass is 238 g/mol. The molecule has 1 aliphatic heterocycles. The zero-order valence-corrected chi connectivity index (χ0v) is 10.7. The van der Waals surface area contributed by atoms with Gasteiger partial charge in [-0.05, 0) is 32.1 Å². The Morgan fingerprint density at radius 2 is 2.00 bits per heavy atom. The summed E-state index contributed by atoms with van der Waals surface area (Å²) in [5.41, 5.74) is 0. The van der Waals surface area contributed by atoms with Crippen LogP contribution in [0.4, 0.5) is 0 Å². The molecule has 2 fully saturated rings. The molecule has 0 radical (unpaired) electrons. The average Bonchev–Trinajstić information content (AvgIpc) is 2.84. The van der Waals surface area contributed by atoms with Crippen molar-refractivity contribution < 1.29 is 9.59 Å². The van der Waals surface area contributed by atoms with Crippen LogP contribution in [0.5, 0.6) is 0 Å². The highest BCUT2D eigenvalue weighted by atomic mass is 16.2. The molecule has 1 aliphatic carbocycles. The number of nitrogens with one attached hydrogen (secondary N) is 1. The molecule has 2 amide bonds. The Morgan fingerprint density at radius 3 is 2.59 bits per heavy atom. The van der Waals surface area contributed by atoms with Gasteiger partial charge in [0.2, 0.25) is 11.8 Å². The Morgan fingerprint density at radius 1 is 1.35 bits per heavy atom. The molecule has 0 spiro atoms. The lowest BCUT2D eigenvalue weighted by molar-refractivity contribution is -0.149. The van der Waals surface area contributed by atoms with E-state index in [2.05, 4.69) is 12.2 Å². The van der Waals surface area contributed by atoms with Gasteiger partial charge in [0.1, 0.15) is 6.04 Å². The summed E-state index contributed by atoms with van der Waals surface area (Å²) in [7, 11) is 0. The second kappa shape index (κ2) is 5.07. The fourth-order valence-electron chi connectivity index (χ4n) is 3.23. The quantitative estimate of drug-likeness (QED) is 0.805. The van der Waals surface area contributed by atoms with Crippen molar-refractivity contribution >= 4 is 11.8 Å². The van der Waals surface area contributed by atoms with Gasteiger partial charge in [-0.1, -0.05) is 19.8 Å². The van der Waals surface area contributed by atoms with Crippen molar-refractivity contribution in [3.8, 4) is 0 Å². The van der Waals surface area contributed by atoms with Crippen LogP contribution in [-0.2, 0) is 9.59 Å². The fourth-order valence-corrected chi connectivity index (χ4v) is 3.23. The van der Waals surface area contributed by atoms with E-state index in [1.54, 1.807) is 0 Å². The summed E-state index contributed by atoms with van der Waals surface area (Å²) in [5.74, 6) is 0.673. The molecule has 2 unspecified atom stereocenters. The third kappa shape index (κ3) is 2.31. The minimum Gasteiger partial charge on any atom is -0.345 e. The second-order valence-electron chi connectivity index (χ2n) is 5.23. The standard InChI is InChI=1S/C13H22N2O2/c1-3-11-13(17)14-8-12(16)15(11)9(2)10-6-4-5-7-10/h9-11H,3-8H2,1-2H3,(H,14,17). The van der Waals surface area contributed by atoms with Crippen LogP contribution in [0.25, 0.3) is 0 Å². The first-order chi connectivity index (χ1) is 8.15. The van der Waals surface area contributed by atoms with Crippen LogP contribution in [0.1, 0.15) is 46.0 Å². The normalized spacial score (nSPS) is 28.4. The van der Waals surface area contributed by atoms with Gasteiger partial charge in [-0.2, -0.15) is 0 Å². The van der Waals surface area contributed by atoms with Crippen LogP contribution in [-0.4, -0.2) is 35.3 Å². The predicted molar refractivity (Wildman–Crippen MR) is 65.4 cm³/mol. The fraction of sp³-hybridized carbons (Fsp3) is 0.846. The van der Waals surface area contributed by atoms with Gasteiger partial charge in [-0.25, -0.2) is 0 Å². The summed E-state index contributed by atoms with van der Waals surface area (Å²) < 4.78 is 0. The molecule has 17 heavy (non-hydrogen) atoms. The van der Waals surface area contributed by atoms with E-state index in [9.17, 15) is 9.59 Å². The average molecular weight is 238 g/mol. The highest BCUT2D eigenvalue weighted by Gasteiger charge is 2.39. The molecule has 1 heterocycles. The highest BCUT2D eigenvalue weighted by Crippen LogP contribution is 2.31. The summed E-state index contributed by atoms with van der Waals surface area (Å²) in [6, 6.07) is -0.0483. The molecule has 1 saturated heterocycles. The van der Waals surface area contributed by atoms with Crippen LogP contribution in [0.15, 0.2) is 0 Å². The summed E-state index contributed by atoms with van der Waals surface area (Å²) in [6.07, 6.45) is 5.63. The third-order valence-corrected chi connectivity index (χ3v) is 4.25. The number of nitrogens with zero attached hydrogens (tertiary/aromatic N) is 1. The molecule has 4 heteroatoms. The molecule has 1 saturated carbocycles. The lowest BCUT2D eigenvalue weighted by atomic mass is 9.95. The predicted octanol–water partition coefficient (Wildman–Crippen LogP) is 1.30. The third-order valence-electron chi connectivity index (χ3n) is 4.25. The van der Waals surface area contributed by atoms with E-state index in [4.69, 9.17) is 0 Å².